The number of hydrogen-bond donors (Lipinski definition) is 2. The molecule has 0 saturated carbocycles. The number of aromatic nitrogens is 1. The molecule has 1 aromatic heterocycles. The predicted octanol–water partition coefficient (Wildman–Crippen LogP) is 2.63. The number of benzene rings is 1. The largest absolute Gasteiger partial charge is 0.492 e. The number of nitrogens with one attached hydrogen (secondary N) is 1. The van der Waals surface area contributed by atoms with Gasteiger partial charge in [0.1, 0.15) is 5.75 Å². The fraction of sp³-hybridized carbons (Fsp3) is 0.364. The molecule has 164 valence electrons. The Bertz CT molecular complexity index is 993. The van der Waals surface area contributed by atoms with E-state index in [0.29, 0.717) is 55.5 Å². The van der Waals surface area contributed by atoms with Crippen LogP contribution in [0.3, 0.4) is 0 Å². The lowest BCUT2D eigenvalue weighted by molar-refractivity contribution is -0.119. The molecule has 3 N–H and O–H groups in total. The third-order valence-corrected chi connectivity index (χ3v) is 6.23. The van der Waals surface area contributed by atoms with E-state index >= 15 is 0 Å². The van der Waals surface area contributed by atoms with Crippen molar-refractivity contribution in [3.05, 3.63) is 39.8 Å². The van der Waals surface area contributed by atoms with Crippen molar-refractivity contribution in [3.8, 4) is 17.0 Å². The quantitative estimate of drug-likeness (QED) is 0.559. The van der Waals surface area contributed by atoms with Crippen molar-refractivity contribution in [2.45, 2.75) is 20.3 Å². The number of allylic oxidation sites excluding steroid dienone is 1. The summed E-state index contributed by atoms with van der Waals surface area (Å²) < 4.78 is 5.90. The van der Waals surface area contributed by atoms with Crippen molar-refractivity contribution >= 4 is 35.4 Å². The van der Waals surface area contributed by atoms with Gasteiger partial charge < -0.3 is 25.7 Å². The summed E-state index contributed by atoms with van der Waals surface area (Å²) in [7, 11) is 0. The summed E-state index contributed by atoms with van der Waals surface area (Å²) in [4.78, 5) is 32.9. The molecule has 0 spiro atoms. The number of amides is 2. The number of carbonyl (C=O) groups excluding carboxylic acids is 2. The van der Waals surface area contributed by atoms with Crippen molar-refractivity contribution in [1.82, 2.24) is 14.8 Å². The molecule has 2 amide bonds. The number of piperazine rings is 1. The number of nitrogens with zero attached hydrogens (tertiary/aromatic N) is 3. The molecule has 4 rings (SSSR count). The number of ether oxygens (including phenoxy) is 1. The van der Waals surface area contributed by atoms with Crippen LogP contribution in [-0.4, -0.2) is 66.1 Å². The molecule has 3 heterocycles. The van der Waals surface area contributed by atoms with Gasteiger partial charge in [-0.2, -0.15) is 0 Å². The highest BCUT2D eigenvalue weighted by Gasteiger charge is 2.27. The molecule has 0 atom stereocenters. The highest BCUT2D eigenvalue weighted by molar-refractivity contribution is 7.14. The Kier molecular flexibility index (Phi) is 7.41. The average Bonchev–Trinajstić information content (AvgIpc) is 3.17. The van der Waals surface area contributed by atoms with Crippen LogP contribution in [0.2, 0.25) is 0 Å². The summed E-state index contributed by atoms with van der Waals surface area (Å²) in [5.74, 6) is 0.580. The second-order valence-electron chi connectivity index (χ2n) is 6.80. The highest BCUT2D eigenvalue weighted by Crippen LogP contribution is 2.39. The van der Waals surface area contributed by atoms with Crippen LogP contribution >= 0.6 is 11.3 Å². The van der Waals surface area contributed by atoms with Crippen LogP contribution in [0.15, 0.2) is 24.4 Å². The molecule has 1 fully saturated rings. The second kappa shape index (κ2) is 10.2. The fourth-order valence-corrected chi connectivity index (χ4v) is 4.51. The van der Waals surface area contributed by atoms with Crippen molar-refractivity contribution in [1.29, 1.82) is 5.41 Å². The summed E-state index contributed by atoms with van der Waals surface area (Å²) in [5, 5.41) is 7.95. The van der Waals surface area contributed by atoms with Crippen LogP contribution in [-0.2, 0) is 11.2 Å². The number of hydrogen-bond acceptors (Lipinski definition) is 7. The van der Waals surface area contributed by atoms with Gasteiger partial charge in [-0.05, 0) is 17.7 Å². The van der Waals surface area contributed by atoms with Gasteiger partial charge in [-0.15, -0.1) is 11.3 Å². The van der Waals surface area contributed by atoms with Crippen LogP contribution in [0, 0.1) is 5.41 Å². The van der Waals surface area contributed by atoms with E-state index in [2.05, 4.69) is 4.98 Å². The van der Waals surface area contributed by atoms with Crippen molar-refractivity contribution in [2.75, 3.05) is 32.8 Å². The van der Waals surface area contributed by atoms with E-state index < -0.39 is 0 Å². The monoisotopic (exact) mass is 441 g/mol. The Morgan fingerprint density at radius 2 is 2.00 bits per heavy atom. The Balaban J connectivity index is 0.00000132. The standard InChI is InChI=1S/C20H21N5O3S.C2H6/c21-10-14(11-22)13-1-2-15-16(9-13)28-8-3-17-18(15)23-19(29-17)20(27)25-6-4-24(12-26)5-7-25;1-2/h1-2,9-12,21H,3-8,22H2;1-2H3/b14-11+,21-10?;. The molecule has 8 nitrogen and oxygen atoms in total. The molecule has 2 aliphatic heterocycles. The molecule has 0 radical (unpaired) electrons. The van der Waals surface area contributed by atoms with E-state index in [0.717, 1.165) is 28.1 Å². The first kappa shape index (κ1) is 22.5. The van der Waals surface area contributed by atoms with Crippen LogP contribution in [0.25, 0.3) is 16.8 Å². The lowest BCUT2D eigenvalue weighted by Crippen LogP contribution is -2.48. The summed E-state index contributed by atoms with van der Waals surface area (Å²) in [6.45, 7) is 6.61. The van der Waals surface area contributed by atoms with Gasteiger partial charge in [0.05, 0.1) is 12.3 Å². The Labute approximate surface area is 185 Å². The molecular weight excluding hydrogens is 414 g/mol. The number of rotatable bonds is 4. The van der Waals surface area contributed by atoms with Gasteiger partial charge in [0.2, 0.25) is 6.41 Å². The zero-order valence-corrected chi connectivity index (χ0v) is 18.6. The molecule has 1 saturated heterocycles. The second-order valence-corrected chi connectivity index (χ2v) is 7.88. The fourth-order valence-electron chi connectivity index (χ4n) is 3.49. The SMILES string of the molecule is CC.N=C/C(=C\N)c1ccc2c(c1)OCCc1sc(C(=O)N3CCN(C=O)CC3)nc1-2. The molecule has 2 aromatic rings. The van der Waals surface area contributed by atoms with Gasteiger partial charge in [0.15, 0.2) is 5.01 Å². The van der Waals surface area contributed by atoms with E-state index in [1.807, 2.05) is 32.0 Å². The van der Waals surface area contributed by atoms with Gasteiger partial charge in [0.25, 0.3) is 5.91 Å². The molecule has 1 aromatic carbocycles. The van der Waals surface area contributed by atoms with Gasteiger partial charge in [0, 0.05) is 61.0 Å². The number of thiazole rings is 1. The topological polar surface area (TPSA) is 113 Å². The minimum absolute atomic E-state index is 0.0927. The number of carbonyl (C=O) groups is 2. The Morgan fingerprint density at radius 1 is 1.26 bits per heavy atom. The van der Waals surface area contributed by atoms with Crippen molar-refractivity contribution < 1.29 is 14.3 Å². The van der Waals surface area contributed by atoms with E-state index in [1.54, 1.807) is 9.80 Å². The summed E-state index contributed by atoms with van der Waals surface area (Å²) >= 11 is 1.41. The number of fused-ring (bicyclic) bond motifs is 3. The third-order valence-electron chi connectivity index (χ3n) is 5.12. The van der Waals surface area contributed by atoms with Crippen LogP contribution in [0.5, 0.6) is 5.75 Å². The van der Waals surface area contributed by atoms with Gasteiger partial charge in [-0.25, -0.2) is 4.98 Å². The maximum atomic E-state index is 12.9. The normalized spacial score (nSPS) is 15.5. The summed E-state index contributed by atoms with van der Waals surface area (Å²) in [5.41, 5.74) is 8.60. The lowest BCUT2D eigenvalue weighted by atomic mass is 10.0. The van der Waals surface area contributed by atoms with Crippen LogP contribution < -0.4 is 10.5 Å². The molecule has 0 bridgehead atoms. The first-order chi connectivity index (χ1) is 15.1. The van der Waals surface area contributed by atoms with E-state index in [9.17, 15) is 9.59 Å². The molecule has 0 unspecified atom stereocenters. The van der Waals surface area contributed by atoms with Gasteiger partial charge >= 0.3 is 0 Å². The smallest absolute Gasteiger partial charge is 0.282 e. The maximum Gasteiger partial charge on any atom is 0.282 e. The molecule has 31 heavy (non-hydrogen) atoms. The Morgan fingerprint density at radius 3 is 2.65 bits per heavy atom. The molecule has 9 heteroatoms. The third kappa shape index (κ3) is 4.61. The zero-order chi connectivity index (χ0) is 22.4. The van der Waals surface area contributed by atoms with Gasteiger partial charge in [-0.3, -0.25) is 9.59 Å². The predicted molar refractivity (Wildman–Crippen MR) is 123 cm³/mol. The first-order valence-electron chi connectivity index (χ1n) is 10.3. The van der Waals surface area contributed by atoms with Crippen LogP contribution in [0.4, 0.5) is 0 Å². The number of nitrogens with two attached hydrogens (primary N) is 1. The van der Waals surface area contributed by atoms with E-state index in [1.165, 1.54) is 23.8 Å². The first-order valence-corrected chi connectivity index (χ1v) is 11.1. The summed E-state index contributed by atoms with van der Waals surface area (Å²) in [6.07, 6.45) is 4.09. The average molecular weight is 442 g/mol. The van der Waals surface area contributed by atoms with E-state index in [-0.39, 0.29) is 5.91 Å². The van der Waals surface area contributed by atoms with E-state index in [4.69, 9.17) is 15.9 Å². The minimum Gasteiger partial charge on any atom is -0.492 e. The highest BCUT2D eigenvalue weighted by atomic mass is 32.1. The van der Waals surface area contributed by atoms with Gasteiger partial charge in [-0.1, -0.05) is 19.9 Å². The molecule has 0 aliphatic carbocycles. The maximum absolute atomic E-state index is 12.9. The molecule has 2 aliphatic rings. The lowest BCUT2D eigenvalue weighted by Gasteiger charge is -2.31. The van der Waals surface area contributed by atoms with Crippen LogP contribution in [0.1, 0.15) is 34.1 Å². The Hall–Kier alpha value is -3.20. The molecular formula is C22H27N5O3S. The minimum atomic E-state index is -0.0927. The van der Waals surface area contributed by atoms with Crippen molar-refractivity contribution in [2.24, 2.45) is 5.73 Å². The summed E-state index contributed by atoms with van der Waals surface area (Å²) in [6, 6.07) is 5.63. The zero-order valence-electron chi connectivity index (χ0n) is 17.8. The van der Waals surface area contributed by atoms with Crippen molar-refractivity contribution in [3.63, 3.8) is 0 Å².